The van der Waals surface area contributed by atoms with Gasteiger partial charge in [-0.25, -0.2) is 4.98 Å². The lowest BCUT2D eigenvalue weighted by Crippen LogP contribution is -2.21. The lowest BCUT2D eigenvalue weighted by atomic mass is 10.2. The van der Waals surface area contributed by atoms with Crippen molar-refractivity contribution in [2.75, 3.05) is 0 Å². The third-order valence-corrected chi connectivity index (χ3v) is 2.47. The SMILES string of the molecule is NC(N)=Nc1nc(-c2cc[c]cc2)cs1. The number of nitrogens with zero attached hydrogens (tertiary/aromatic N) is 2. The topological polar surface area (TPSA) is 77.3 Å². The van der Waals surface area contributed by atoms with Crippen molar-refractivity contribution < 1.29 is 0 Å². The summed E-state index contributed by atoms with van der Waals surface area (Å²) in [6.07, 6.45) is 0. The Kier molecular flexibility index (Phi) is 2.64. The molecular weight excluding hydrogens is 208 g/mol. The van der Waals surface area contributed by atoms with E-state index in [-0.39, 0.29) is 5.96 Å². The van der Waals surface area contributed by atoms with Gasteiger partial charge in [0.1, 0.15) is 0 Å². The van der Waals surface area contributed by atoms with Gasteiger partial charge in [0.25, 0.3) is 0 Å². The minimum Gasteiger partial charge on any atom is -0.370 e. The van der Waals surface area contributed by atoms with Crippen molar-refractivity contribution in [3.8, 4) is 11.3 Å². The Morgan fingerprint density at radius 3 is 2.73 bits per heavy atom. The third-order valence-electron chi connectivity index (χ3n) is 1.73. The van der Waals surface area contributed by atoms with E-state index in [1.54, 1.807) is 0 Å². The second-order valence-electron chi connectivity index (χ2n) is 2.84. The van der Waals surface area contributed by atoms with Gasteiger partial charge in [0.15, 0.2) is 5.96 Å². The summed E-state index contributed by atoms with van der Waals surface area (Å²) >= 11 is 1.40. The Labute approximate surface area is 91.3 Å². The van der Waals surface area contributed by atoms with Crippen molar-refractivity contribution in [1.82, 2.24) is 4.98 Å². The first kappa shape index (κ1) is 9.67. The van der Waals surface area contributed by atoms with E-state index in [4.69, 9.17) is 11.5 Å². The first-order valence-electron chi connectivity index (χ1n) is 4.27. The van der Waals surface area contributed by atoms with Gasteiger partial charge in [0.2, 0.25) is 5.13 Å². The molecule has 0 atom stereocenters. The molecule has 0 bridgehead atoms. The predicted octanol–water partition coefficient (Wildman–Crippen LogP) is 1.52. The first-order valence-corrected chi connectivity index (χ1v) is 5.15. The Bertz CT molecular complexity index is 471. The highest BCUT2D eigenvalue weighted by Crippen LogP contribution is 2.25. The fourth-order valence-corrected chi connectivity index (χ4v) is 1.83. The maximum absolute atomic E-state index is 5.26. The van der Waals surface area contributed by atoms with Gasteiger partial charge in [-0.3, -0.25) is 0 Å². The van der Waals surface area contributed by atoms with Crippen LogP contribution in [0, 0.1) is 6.07 Å². The summed E-state index contributed by atoms with van der Waals surface area (Å²) in [7, 11) is 0. The Morgan fingerprint density at radius 1 is 1.33 bits per heavy atom. The minimum atomic E-state index is 0.0253. The van der Waals surface area contributed by atoms with Crippen molar-refractivity contribution in [2.24, 2.45) is 16.5 Å². The maximum atomic E-state index is 5.26. The summed E-state index contributed by atoms with van der Waals surface area (Å²) in [6, 6.07) is 10.5. The standard InChI is InChI=1S/C10H9N4S/c11-9(12)14-10-13-8(6-15-10)7-4-2-1-3-5-7/h2-6H,(H4,11,12,13,14). The Balaban J connectivity index is 2.32. The number of aliphatic imine (C=N–C) groups is 1. The predicted molar refractivity (Wildman–Crippen MR) is 61.9 cm³/mol. The van der Waals surface area contributed by atoms with Crippen molar-refractivity contribution in [3.63, 3.8) is 0 Å². The van der Waals surface area contributed by atoms with E-state index in [1.165, 1.54) is 11.3 Å². The van der Waals surface area contributed by atoms with Crippen molar-refractivity contribution in [1.29, 1.82) is 0 Å². The zero-order valence-corrected chi connectivity index (χ0v) is 8.66. The number of benzene rings is 1. The maximum Gasteiger partial charge on any atom is 0.212 e. The van der Waals surface area contributed by atoms with Crippen molar-refractivity contribution in [3.05, 3.63) is 35.7 Å². The van der Waals surface area contributed by atoms with Crippen LogP contribution >= 0.6 is 11.3 Å². The normalized spacial score (nSPS) is 9.87. The highest BCUT2D eigenvalue weighted by molar-refractivity contribution is 7.13. The van der Waals surface area contributed by atoms with Crippen LogP contribution < -0.4 is 11.5 Å². The Hall–Kier alpha value is -1.88. The smallest absolute Gasteiger partial charge is 0.212 e. The van der Waals surface area contributed by atoms with Crippen LogP contribution in [0.25, 0.3) is 11.3 Å². The molecule has 75 valence electrons. The highest BCUT2D eigenvalue weighted by atomic mass is 32.1. The number of thiazole rings is 1. The fraction of sp³-hybridized carbons (Fsp3) is 0. The number of guanidine groups is 1. The van der Waals surface area contributed by atoms with Gasteiger partial charge in [-0.1, -0.05) is 24.3 Å². The second-order valence-corrected chi connectivity index (χ2v) is 3.68. The Morgan fingerprint density at radius 2 is 2.07 bits per heavy atom. The van der Waals surface area contributed by atoms with Crippen LogP contribution in [0.3, 0.4) is 0 Å². The van der Waals surface area contributed by atoms with Crippen LogP contribution in [0.2, 0.25) is 0 Å². The molecule has 0 aliphatic carbocycles. The van der Waals surface area contributed by atoms with Crippen LogP contribution in [0.15, 0.2) is 34.6 Å². The molecule has 1 aromatic carbocycles. The second kappa shape index (κ2) is 4.10. The summed E-state index contributed by atoms with van der Waals surface area (Å²) in [4.78, 5) is 8.16. The highest BCUT2D eigenvalue weighted by Gasteiger charge is 2.02. The van der Waals surface area contributed by atoms with E-state index in [0.29, 0.717) is 5.13 Å². The van der Waals surface area contributed by atoms with E-state index in [2.05, 4.69) is 16.0 Å². The van der Waals surface area contributed by atoms with E-state index >= 15 is 0 Å². The number of hydrogen-bond acceptors (Lipinski definition) is 3. The summed E-state index contributed by atoms with van der Waals surface area (Å²) in [5.74, 6) is 0.0253. The largest absolute Gasteiger partial charge is 0.370 e. The molecule has 1 aromatic heterocycles. The van der Waals surface area contributed by atoms with Gasteiger partial charge in [-0.05, 0) is 6.07 Å². The van der Waals surface area contributed by atoms with Crippen molar-refractivity contribution >= 4 is 22.4 Å². The van der Waals surface area contributed by atoms with Gasteiger partial charge in [-0.2, -0.15) is 4.99 Å². The molecule has 0 amide bonds. The van der Waals surface area contributed by atoms with Crippen LogP contribution in [0.4, 0.5) is 5.13 Å². The molecule has 1 heterocycles. The molecule has 0 fully saturated rings. The lowest BCUT2D eigenvalue weighted by molar-refractivity contribution is 1.33. The van der Waals surface area contributed by atoms with Crippen LogP contribution in [0.1, 0.15) is 0 Å². The van der Waals surface area contributed by atoms with Gasteiger partial charge in [0.05, 0.1) is 5.69 Å². The molecule has 5 heteroatoms. The summed E-state index contributed by atoms with van der Waals surface area (Å²) in [6.45, 7) is 0. The molecule has 0 aliphatic heterocycles. The zero-order chi connectivity index (χ0) is 10.7. The molecule has 0 saturated carbocycles. The quantitative estimate of drug-likeness (QED) is 0.591. The third kappa shape index (κ3) is 2.32. The van der Waals surface area contributed by atoms with E-state index in [9.17, 15) is 0 Å². The van der Waals surface area contributed by atoms with Gasteiger partial charge < -0.3 is 11.5 Å². The summed E-state index contributed by atoms with van der Waals surface area (Å²) in [5.41, 5.74) is 12.4. The monoisotopic (exact) mass is 217 g/mol. The molecule has 0 aliphatic rings. The fourth-order valence-electron chi connectivity index (χ4n) is 1.12. The average molecular weight is 217 g/mol. The molecule has 0 spiro atoms. The molecule has 15 heavy (non-hydrogen) atoms. The average Bonchev–Trinajstić information content (AvgIpc) is 2.67. The molecule has 4 N–H and O–H groups in total. The molecule has 0 saturated heterocycles. The van der Waals surface area contributed by atoms with Crippen LogP contribution in [-0.4, -0.2) is 10.9 Å². The molecule has 4 nitrogen and oxygen atoms in total. The van der Waals surface area contributed by atoms with E-state index in [1.807, 2.05) is 29.6 Å². The molecular formula is C10H9N4S. The molecule has 1 radical (unpaired) electrons. The number of hydrogen-bond donors (Lipinski definition) is 2. The minimum absolute atomic E-state index is 0.0253. The van der Waals surface area contributed by atoms with Gasteiger partial charge in [0, 0.05) is 10.9 Å². The zero-order valence-electron chi connectivity index (χ0n) is 7.84. The molecule has 2 aromatic rings. The lowest BCUT2D eigenvalue weighted by Gasteiger charge is -1.93. The van der Waals surface area contributed by atoms with Crippen molar-refractivity contribution in [2.45, 2.75) is 0 Å². The van der Waals surface area contributed by atoms with Gasteiger partial charge in [-0.15, -0.1) is 11.3 Å². The van der Waals surface area contributed by atoms with E-state index in [0.717, 1.165) is 11.3 Å². The van der Waals surface area contributed by atoms with Crippen LogP contribution in [-0.2, 0) is 0 Å². The summed E-state index contributed by atoms with van der Waals surface area (Å²) < 4.78 is 0. The number of rotatable bonds is 2. The molecule has 2 rings (SSSR count). The summed E-state index contributed by atoms with van der Waals surface area (Å²) in [5, 5.41) is 2.48. The van der Waals surface area contributed by atoms with Crippen LogP contribution in [0.5, 0.6) is 0 Å². The number of aromatic nitrogens is 1. The molecule has 0 unspecified atom stereocenters. The van der Waals surface area contributed by atoms with E-state index < -0.39 is 0 Å². The number of nitrogens with two attached hydrogens (primary N) is 2. The first-order chi connectivity index (χ1) is 7.25. The van der Waals surface area contributed by atoms with Gasteiger partial charge >= 0.3 is 0 Å².